The van der Waals surface area contributed by atoms with Gasteiger partial charge in [0.25, 0.3) is 0 Å². The molecule has 1 aromatic rings. The van der Waals surface area contributed by atoms with Crippen LogP contribution in [-0.4, -0.2) is 23.2 Å². The fourth-order valence-electron chi connectivity index (χ4n) is 2.64. The molecule has 1 aromatic carbocycles. The first-order valence-corrected chi connectivity index (χ1v) is 6.95. The second-order valence-corrected chi connectivity index (χ2v) is 5.18. The SMILES string of the molecule is NCc1ccccc1CC(=O)NC1CCCCC1O. The van der Waals surface area contributed by atoms with E-state index in [1.165, 1.54) is 0 Å². The number of rotatable bonds is 4. The van der Waals surface area contributed by atoms with Crippen LogP contribution < -0.4 is 11.1 Å². The van der Waals surface area contributed by atoms with Crippen LogP contribution in [0.3, 0.4) is 0 Å². The lowest BCUT2D eigenvalue weighted by molar-refractivity contribution is -0.122. The number of aliphatic hydroxyl groups excluding tert-OH is 1. The summed E-state index contributed by atoms with van der Waals surface area (Å²) in [7, 11) is 0. The molecule has 1 saturated carbocycles. The Balaban J connectivity index is 1.93. The molecule has 0 spiro atoms. The van der Waals surface area contributed by atoms with Gasteiger partial charge in [0.15, 0.2) is 0 Å². The molecule has 0 aromatic heterocycles. The first-order valence-electron chi connectivity index (χ1n) is 6.95. The summed E-state index contributed by atoms with van der Waals surface area (Å²) in [6.07, 6.45) is 3.69. The molecule has 0 radical (unpaired) electrons. The number of nitrogens with two attached hydrogens (primary N) is 1. The van der Waals surface area contributed by atoms with E-state index in [-0.39, 0.29) is 11.9 Å². The van der Waals surface area contributed by atoms with Crippen molar-refractivity contribution in [1.29, 1.82) is 0 Å². The first kappa shape index (κ1) is 14.0. The fraction of sp³-hybridized carbons (Fsp3) is 0.533. The van der Waals surface area contributed by atoms with E-state index in [1.54, 1.807) is 0 Å². The zero-order valence-corrected chi connectivity index (χ0v) is 11.1. The molecule has 1 aliphatic rings. The molecule has 1 fully saturated rings. The lowest BCUT2D eigenvalue weighted by Crippen LogP contribution is -2.45. The summed E-state index contributed by atoms with van der Waals surface area (Å²) in [6.45, 7) is 0.440. The van der Waals surface area contributed by atoms with Crippen LogP contribution in [0.5, 0.6) is 0 Å². The average molecular weight is 262 g/mol. The van der Waals surface area contributed by atoms with Gasteiger partial charge in [-0.15, -0.1) is 0 Å². The van der Waals surface area contributed by atoms with Gasteiger partial charge in [0, 0.05) is 6.54 Å². The Hall–Kier alpha value is -1.39. The number of hydrogen-bond donors (Lipinski definition) is 3. The van der Waals surface area contributed by atoms with Gasteiger partial charge >= 0.3 is 0 Å². The number of benzene rings is 1. The second kappa shape index (κ2) is 6.68. The molecule has 2 unspecified atom stereocenters. The lowest BCUT2D eigenvalue weighted by Gasteiger charge is -2.28. The molecule has 2 atom stereocenters. The molecule has 104 valence electrons. The monoisotopic (exact) mass is 262 g/mol. The molecule has 0 bridgehead atoms. The molecule has 19 heavy (non-hydrogen) atoms. The van der Waals surface area contributed by atoms with Gasteiger partial charge in [-0.2, -0.15) is 0 Å². The normalized spacial score (nSPS) is 23.1. The van der Waals surface area contributed by atoms with Gasteiger partial charge in [-0.1, -0.05) is 37.1 Å². The largest absolute Gasteiger partial charge is 0.391 e. The van der Waals surface area contributed by atoms with E-state index in [9.17, 15) is 9.90 Å². The van der Waals surface area contributed by atoms with Crippen LogP contribution in [0.2, 0.25) is 0 Å². The number of carbonyl (C=O) groups excluding carboxylic acids is 1. The van der Waals surface area contributed by atoms with Crippen LogP contribution in [0.25, 0.3) is 0 Å². The third-order valence-electron chi connectivity index (χ3n) is 3.77. The van der Waals surface area contributed by atoms with Crippen LogP contribution in [-0.2, 0) is 17.8 Å². The summed E-state index contributed by atoms with van der Waals surface area (Å²) in [5.41, 5.74) is 7.63. The smallest absolute Gasteiger partial charge is 0.224 e. The van der Waals surface area contributed by atoms with Gasteiger partial charge in [0.1, 0.15) is 0 Å². The molecule has 0 heterocycles. The van der Waals surface area contributed by atoms with Crippen molar-refractivity contribution in [2.45, 2.75) is 50.8 Å². The van der Waals surface area contributed by atoms with Crippen molar-refractivity contribution in [2.24, 2.45) is 5.73 Å². The van der Waals surface area contributed by atoms with Crippen molar-refractivity contribution in [3.8, 4) is 0 Å². The van der Waals surface area contributed by atoms with Crippen molar-refractivity contribution in [2.75, 3.05) is 0 Å². The van der Waals surface area contributed by atoms with Gasteiger partial charge in [-0.05, 0) is 24.0 Å². The fourth-order valence-corrected chi connectivity index (χ4v) is 2.64. The molecule has 2 rings (SSSR count). The predicted molar refractivity (Wildman–Crippen MR) is 74.4 cm³/mol. The minimum Gasteiger partial charge on any atom is -0.391 e. The number of aliphatic hydroxyl groups is 1. The summed E-state index contributed by atoms with van der Waals surface area (Å²) in [5.74, 6) is -0.0353. The Morgan fingerprint density at radius 3 is 2.63 bits per heavy atom. The van der Waals surface area contributed by atoms with Gasteiger partial charge in [0.05, 0.1) is 18.6 Å². The minimum absolute atomic E-state index is 0.0353. The molecule has 0 saturated heterocycles. The highest BCUT2D eigenvalue weighted by Gasteiger charge is 2.24. The third kappa shape index (κ3) is 3.78. The highest BCUT2D eigenvalue weighted by atomic mass is 16.3. The lowest BCUT2D eigenvalue weighted by atomic mass is 9.92. The van der Waals surface area contributed by atoms with Crippen molar-refractivity contribution in [3.63, 3.8) is 0 Å². The molecule has 4 N–H and O–H groups in total. The molecular formula is C15H22N2O2. The van der Waals surface area contributed by atoms with Crippen molar-refractivity contribution < 1.29 is 9.90 Å². The molecule has 1 amide bonds. The third-order valence-corrected chi connectivity index (χ3v) is 3.77. The Bertz CT molecular complexity index is 434. The maximum atomic E-state index is 12.0. The van der Waals surface area contributed by atoms with Crippen molar-refractivity contribution in [3.05, 3.63) is 35.4 Å². The van der Waals surface area contributed by atoms with E-state index >= 15 is 0 Å². The van der Waals surface area contributed by atoms with E-state index in [1.807, 2.05) is 24.3 Å². The Morgan fingerprint density at radius 1 is 1.26 bits per heavy atom. The van der Waals surface area contributed by atoms with Gasteiger partial charge in [-0.3, -0.25) is 4.79 Å². The number of carbonyl (C=O) groups is 1. The summed E-state index contributed by atoms with van der Waals surface area (Å²) in [4.78, 5) is 12.0. The zero-order chi connectivity index (χ0) is 13.7. The predicted octanol–water partition coefficient (Wildman–Crippen LogP) is 1.11. The summed E-state index contributed by atoms with van der Waals surface area (Å²) >= 11 is 0. The standard InChI is InChI=1S/C15H22N2O2/c16-10-12-6-2-1-5-11(12)9-15(19)17-13-7-3-4-8-14(13)18/h1-2,5-6,13-14,18H,3-4,7-10,16H2,(H,17,19). The Morgan fingerprint density at radius 2 is 1.95 bits per heavy atom. The van der Waals surface area contributed by atoms with E-state index in [2.05, 4.69) is 5.32 Å². The topological polar surface area (TPSA) is 75.4 Å². The maximum absolute atomic E-state index is 12.0. The van der Waals surface area contributed by atoms with Crippen molar-refractivity contribution in [1.82, 2.24) is 5.32 Å². The van der Waals surface area contributed by atoms with E-state index < -0.39 is 6.10 Å². The van der Waals surface area contributed by atoms with Gasteiger partial charge in [0.2, 0.25) is 5.91 Å². The summed E-state index contributed by atoms with van der Waals surface area (Å²) in [6, 6.07) is 7.62. The first-order chi connectivity index (χ1) is 9.20. The maximum Gasteiger partial charge on any atom is 0.224 e. The van der Waals surface area contributed by atoms with E-state index in [0.29, 0.717) is 13.0 Å². The number of amides is 1. The van der Waals surface area contributed by atoms with E-state index in [0.717, 1.165) is 36.8 Å². The zero-order valence-electron chi connectivity index (χ0n) is 11.1. The number of hydrogen-bond acceptors (Lipinski definition) is 3. The van der Waals surface area contributed by atoms with Crippen molar-refractivity contribution >= 4 is 5.91 Å². The molecular weight excluding hydrogens is 240 g/mol. The highest BCUT2D eigenvalue weighted by molar-refractivity contribution is 5.79. The Labute approximate surface area is 114 Å². The average Bonchev–Trinajstić information content (AvgIpc) is 2.42. The highest BCUT2D eigenvalue weighted by Crippen LogP contribution is 2.18. The second-order valence-electron chi connectivity index (χ2n) is 5.18. The van der Waals surface area contributed by atoms with Crippen LogP contribution >= 0.6 is 0 Å². The quantitative estimate of drug-likeness (QED) is 0.761. The number of nitrogens with one attached hydrogen (secondary N) is 1. The van der Waals surface area contributed by atoms with Gasteiger partial charge in [-0.25, -0.2) is 0 Å². The van der Waals surface area contributed by atoms with Crippen LogP contribution in [0.1, 0.15) is 36.8 Å². The minimum atomic E-state index is -0.401. The van der Waals surface area contributed by atoms with Crippen LogP contribution in [0.15, 0.2) is 24.3 Å². The van der Waals surface area contributed by atoms with E-state index in [4.69, 9.17) is 5.73 Å². The van der Waals surface area contributed by atoms with Crippen LogP contribution in [0, 0.1) is 0 Å². The molecule has 0 aliphatic heterocycles. The Kier molecular flexibility index (Phi) is 4.93. The molecule has 4 heteroatoms. The molecule has 1 aliphatic carbocycles. The summed E-state index contributed by atoms with van der Waals surface area (Å²) in [5, 5.41) is 12.8. The van der Waals surface area contributed by atoms with Crippen LogP contribution in [0.4, 0.5) is 0 Å². The summed E-state index contributed by atoms with van der Waals surface area (Å²) < 4.78 is 0. The van der Waals surface area contributed by atoms with Gasteiger partial charge < -0.3 is 16.2 Å². The molecule has 4 nitrogen and oxygen atoms in total.